The van der Waals surface area contributed by atoms with E-state index in [0.717, 1.165) is 23.4 Å². The maximum absolute atomic E-state index is 13.0. The van der Waals surface area contributed by atoms with Crippen LogP contribution < -0.4 is 5.32 Å². The number of benzene rings is 1. The van der Waals surface area contributed by atoms with Crippen molar-refractivity contribution in [3.63, 3.8) is 0 Å². The molecule has 146 valence electrons. The van der Waals surface area contributed by atoms with E-state index in [1.54, 1.807) is 13.8 Å². The second-order valence-electron chi connectivity index (χ2n) is 6.60. The normalized spacial score (nSPS) is 11.5. The lowest BCUT2D eigenvalue weighted by Gasteiger charge is -2.12. The fourth-order valence-electron chi connectivity index (χ4n) is 3.10. The lowest BCUT2D eigenvalue weighted by molar-refractivity contribution is -0.137. The predicted molar refractivity (Wildman–Crippen MR) is 99.7 cm³/mol. The molecule has 3 rings (SSSR count). The van der Waals surface area contributed by atoms with Crippen LogP contribution in [0, 0.1) is 27.7 Å². The Labute approximate surface area is 160 Å². The average molecular weight is 388 g/mol. The van der Waals surface area contributed by atoms with Gasteiger partial charge in [-0.1, -0.05) is 6.07 Å². The largest absolute Gasteiger partial charge is 0.416 e. The number of hydrogen-bond donors (Lipinski definition) is 1. The Balaban J connectivity index is 1.93. The Morgan fingerprint density at radius 2 is 1.82 bits per heavy atom. The summed E-state index contributed by atoms with van der Waals surface area (Å²) in [6.45, 7) is 7.18. The monoisotopic (exact) mass is 388 g/mol. The zero-order chi connectivity index (χ0) is 20.6. The molecule has 0 saturated heterocycles. The van der Waals surface area contributed by atoms with Gasteiger partial charge in [-0.3, -0.25) is 9.78 Å². The lowest BCUT2D eigenvalue weighted by Crippen LogP contribution is -2.15. The number of alkyl halides is 3. The van der Waals surface area contributed by atoms with E-state index in [9.17, 15) is 18.0 Å². The molecule has 0 aliphatic carbocycles. The van der Waals surface area contributed by atoms with Crippen LogP contribution in [0.3, 0.4) is 0 Å². The number of aromatic nitrogens is 3. The van der Waals surface area contributed by atoms with E-state index in [0.29, 0.717) is 17.1 Å². The highest BCUT2D eigenvalue weighted by atomic mass is 19.4. The number of nitrogens with one attached hydrogen (secondary N) is 1. The van der Waals surface area contributed by atoms with E-state index in [4.69, 9.17) is 0 Å². The first-order valence-electron chi connectivity index (χ1n) is 8.56. The first-order valence-corrected chi connectivity index (χ1v) is 8.56. The molecule has 2 aromatic heterocycles. The van der Waals surface area contributed by atoms with Crippen molar-refractivity contribution in [2.75, 3.05) is 5.32 Å². The molecule has 2 heterocycles. The number of amides is 1. The van der Waals surface area contributed by atoms with Crippen molar-refractivity contribution in [1.29, 1.82) is 0 Å². The summed E-state index contributed by atoms with van der Waals surface area (Å²) in [5, 5.41) is 6.93. The van der Waals surface area contributed by atoms with Crippen molar-refractivity contribution in [2.45, 2.75) is 33.9 Å². The van der Waals surface area contributed by atoms with Crippen LogP contribution in [0.2, 0.25) is 0 Å². The Kier molecular flexibility index (Phi) is 4.97. The third-order valence-electron chi connectivity index (χ3n) is 4.44. The molecule has 3 aromatic rings. The van der Waals surface area contributed by atoms with Gasteiger partial charge in [-0.05, 0) is 57.5 Å². The zero-order valence-corrected chi connectivity index (χ0v) is 15.8. The first-order chi connectivity index (χ1) is 13.1. The number of halogens is 3. The van der Waals surface area contributed by atoms with E-state index in [-0.39, 0.29) is 11.3 Å². The average Bonchev–Trinajstić information content (AvgIpc) is 2.99. The van der Waals surface area contributed by atoms with Gasteiger partial charge in [-0.15, -0.1) is 0 Å². The summed E-state index contributed by atoms with van der Waals surface area (Å²) < 4.78 is 40.2. The van der Waals surface area contributed by atoms with E-state index in [1.165, 1.54) is 23.0 Å². The van der Waals surface area contributed by atoms with Gasteiger partial charge < -0.3 is 5.32 Å². The zero-order valence-electron chi connectivity index (χ0n) is 15.8. The molecule has 0 fully saturated rings. The minimum absolute atomic E-state index is 0.232. The molecule has 0 bridgehead atoms. The Morgan fingerprint density at radius 3 is 2.46 bits per heavy atom. The molecular weight excluding hydrogens is 369 g/mol. The van der Waals surface area contributed by atoms with Crippen LogP contribution >= 0.6 is 0 Å². The highest BCUT2D eigenvalue weighted by Crippen LogP contribution is 2.30. The standard InChI is InChI=1S/C20H19F3N4O/c1-11-8-12(2)25-13(3)18(11)26-19(28)17-10-24-27(14(17)4)16-7-5-6-15(9-16)20(21,22)23/h5-10H,1-4H3,(H,26,28). The predicted octanol–water partition coefficient (Wildman–Crippen LogP) is 4.77. The molecule has 8 heteroatoms. The fourth-order valence-corrected chi connectivity index (χ4v) is 3.10. The molecule has 0 atom stereocenters. The van der Waals surface area contributed by atoms with Gasteiger partial charge >= 0.3 is 6.18 Å². The van der Waals surface area contributed by atoms with Crippen molar-refractivity contribution >= 4 is 11.6 Å². The van der Waals surface area contributed by atoms with Crippen LogP contribution in [0.15, 0.2) is 36.5 Å². The Morgan fingerprint density at radius 1 is 1.11 bits per heavy atom. The second-order valence-corrected chi connectivity index (χ2v) is 6.60. The fraction of sp³-hybridized carbons (Fsp3) is 0.250. The van der Waals surface area contributed by atoms with Crippen LogP contribution in [-0.4, -0.2) is 20.7 Å². The number of aryl methyl sites for hydroxylation is 3. The maximum atomic E-state index is 13.0. The van der Waals surface area contributed by atoms with Gasteiger partial charge in [0, 0.05) is 5.69 Å². The summed E-state index contributed by atoms with van der Waals surface area (Å²) in [6.07, 6.45) is -3.11. The highest BCUT2D eigenvalue weighted by Gasteiger charge is 2.30. The minimum atomic E-state index is -4.45. The van der Waals surface area contributed by atoms with E-state index in [1.807, 2.05) is 19.9 Å². The van der Waals surface area contributed by atoms with Gasteiger partial charge in [0.25, 0.3) is 5.91 Å². The van der Waals surface area contributed by atoms with E-state index in [2.05, 4.69) is 15.4 Å². The quantitative estimate of drug-likeness (QED) is 0.703. The van der Waals surface area contributed by atoms with Gasteiger partial charge in [0.05, 0.1) is 40.1 Å². The molecule has 0 saturated carbocycles. The first kappa shape index (κ1) is 19.6. The van der Waals surface area contributed by atoms with Crippen molar-refractivity contribution in [3.8, 4) is 5.69 Å². The smallest absolute Gasteiger partial charge is 0.320 e. The van der Waals surface area contributed by atoms with Gasteiger partial charge in [0.2, 0.25) is 0 Å². The summed E-state index contributed by atoms with van der Waals surface area (Å²) >= 11 is 0. The summed E-state index contributed by atoms with van der Waals surface area (Å²) in [4.78, 5) is 17.1. The molecule has 5 nitrogen and oxygen atoms in total. The number of pyridine rings is 1. The van der Waals surface area contributed by atoms with Gasteiger partial charge in [-0.25, -0.2) is 4.68 Å². The SMILES string of the molecule is Cc1cc(C)c(NC(=O)c2cnn(-c3cccc(C(F)(F)F)c3)c2C)c(C)n1. The number of hydrogen-bond acceptors (Lipinski definition) is 3. The van der Waals surface area contributed by atoms with E-state index >= 15 is 0 Å². The molecule has 1 amide bonds. The van der Waals surface area contributed by atoms with Gasteiger partial charge in [0.15, 0.2) is 0 Å². The summed E-state index contributed by atoms with van der Waals surface area (Å²) in [7, 11) is 0. The second kappa shape index (κ2) is 7.10. The minimum Gasteiger partial charge on any atom is -0.320 e. The third kappa shape index (κ3) is 3.76. The molecular formula is C20H19F3N4O. The Hall–Kier alpha value is -3.16. The van der Waals surface area contributed by atoms with Crippen LogP contribution in [-0.2, 0) is 6.18 Å². The van der Waals surface area contributed by atoms with Crippen LogP contribution in [0.1, 0.15) is 38.6 Å². The number of carbonyl (C=O) groups is 1. The highest BCUT2D eigenvalue weighted by molar-refractivity contribution is 6.05. The van der Waals surface area contributed by atoms with Crippen LogP contribution in [0.4, 0.5) is 18.9 Å². The van der Waals surface area contributed by atoms with Crippen molar-refractivity contribution in [1.82, 2.24) is 14.8 Å². The van der Waals surface area contributed by atoms with Crippen molar-refractivity contribution in [2.24, 2.45) is 0 Å². The molecule has 0 unspecified atom stereocenters. The summed E-state index contributed by atoms with van der Waals surface area (Å²) in [6, 6.07) is 6.67. The lowest BCUT2D eigenvalue weighted by atomic mass is 10.1. The Bertz CT molecular complexity index is 1030. The van der Waals surface area contributed by atoms with Crippen LogP contribution in [0.25, 0.3) is 5.69 Å². The number of nitrogens with zero attached hydrogens (tertiary/aromatic N) is 3. The molecule has 0 radical (unpaired) electrons. The molecule has 0 aliphatic heterocycles. The van der Waals surface area contributed by atoms with E-state index < -0.39 is 17.6 Å². The van der Waals surface area contributed by atoms with Crippen LogP contribution in [0.5, 0.6) is 0 Å². The van der Waals surface area contributed by atoms with Crippen molar-refractivity contribution < 1.29 is 18.0 Å². The molecule has 1 aromatic carbocycles. The summed E-state index contributed by atoms with van der Waals surface area (Å²) in [5.41, 5.74) is 3.20. The number of carbonyl (C=O) groups excluding carboxylic acids is 1. The van der Waals surface area contributed by atoms with Gasteiger partial charge in [-0.2, -0.15) is 18.3 Å². The molecule has 28 heavy (non-hydrogen) atoms. The van der Waals surface area contributed by atoms with Gasteiger partial charge in [0.1, 0.15) is 0 Å². The third-order valence-corrected chi connectivity index (χ3v) is 4.44. The van der Waals surface area contributed by atoms with Crippen molar-refractivity contribution in [3.05, 3.63) is 70.3 Å². The maximum Gasteiger partial charge on any atom is 0.416 e. The number of rotatable bonds is 3. The summed E-state index contributed by atoms with van der Waals surface area (Å²) in [5.74, 6) is -0.396. The molecule has 0 aliphatic rings. The number of anilines is 1. The molecule has 1 N–H and O–H groups in total. The topological polar surface area (TPSA) is 59.8 Å². The molecule has 0 spiro atoms.